The molecule has 1 saturated carbocycles. The topological polar surface area (TPSA) is 141 Å². The molecule has 0 aromatic heterocycles. The molecule has 0 unspecified atom stereocenters. The lowest BCUT2D eigenvalue weighted by atomic mass is 9.44. The van der Waals surface area contributed by atoms with Crippen LogP contribution in [0.15, 0.2) is 115 Å². The van der Waals surface area contributed by atoms with Crippen LogP contribution < -0.4 is 15.1 Å². The minimum absolute atomic E-state index is 0.00938. The zero-order chi connectivity index (χ0) is 36.5. The zero-order valence-electron chi connectivity index (χ0n) is 28.0. The van der Waals surface area contributed by atoms with Crippen molar-refractivity contribution in [2.24, 2.45) is 23.7 Å². The van der Waals surface area contributed by atoms with E-state index in [2.05, 4.69) is 0 Å². The molecule has 2 fully saturated rings. The highest BCUT2D eigenvalue weighted by molar-refractivity contribution is 6.58. The molecule has 1 heterocycles. The average Bonchev–Trinajstić information content (AvgIpc) is 3.42. The zero-order valence-corrected chi connectivity index (χ0v) is 28.7. The molecule has 2 amide bonds. The molecule has 0 radical (unpaired) electrons. The summed E-state index contributed by atoms with van der Waals surface area (Å²) in [6, 6.07) is 27.4. The molecule has 0 bridgehead atoms. The number of aromatic hydroxyl groups is 1. The molecule has 52 heavy (non-hydrogen) atoms. The number of carbonyl (C=O) groups excluding carboxylic acids is 4. The van der Waals surface area contributed by atoms with Gasteiger partial charge in [0.1, 0.15) is 0 Å². The second-order valence-corrected chi connectivity index (χ2v) is 14.2. The molecule has 9 nitrogen and oxygen atoms in total. The molecule has 8 rings (SSSR count). The first-order chi connectivity index (χ1) is 25.1. The summed E-state index contributed by atoms with van der Waals surface area (Å²) >= 11 is 6.63. The number of anilines is 1. The van der Waals surface area contributed by atoms with E-state index >= 15 is 9.59 Å². The molecule has 6 atom stereocenters. The Morgan fingerprint density at radius 1 is 0.865 bits per heavy atom. The highest BCUT2D eigenvalue weighted by Crippen LogP contribution is 2.64. The van der Waals surface area contributed by atoms with Crippen LogP contribution in [0, 0.1) is 23.7 Å². The number of rotatable bonds is 6. The van der Waals surface area contributed by atoms with Crippen LogP contribution in [0.5, 0.6) is 11.5 Å². The van der Waals surface area contributed by atoms with Gasteiger partial charge in [0.15, 0.2) is 23.1 Å². The third-order valence-electron chi connectivity index (χ3n) is 11.4. The van der Waals surface area contributed by atoms with Gasteiger partial charge in [-0.05, 0) is 71.3 Å². The number of phenolic OH excluding ortho intramolecular Hbond substituents is 1. The van der Waals surface area contributed by atoms with E-state index in [9.17, 15) is 24.7 Å². The summed E-state index contributed by atoms with van der Waals surface area (Å²) in [5.41, 5.74) is 1.60. The minimum Gasteiger partial charge on any atom is -0.503 e. The quantitative estimate of drug-likeness (QED) is 0.148. The van der Waals surface area contributed by atoms with Gasteiger partial charge in [0.2, 0.25) is 11.8 Å². The van der Waals surface area contributed by atoms with Crippen LogP contribution in [0.3, 0.4) is 0 Å². The van der Waals surface area contributed by atoms with Gasteiger partial charge in [-0.2, -0.15) is 0 Å². The molecule has 0 spiro atoms. The predicted octanol–water partition coefficient (Wildman–Crippen LogP) is 4.76. The number of methoxy groups -OCH3 is 1. The molecule has 4 aromatic rings. The fraction of sp³-hybridized carbons (Fsp3) is 0.220. The number of allylic oxidation sites excluding steroid dienone is 4. The van der Waals surface area contributed by atoms with Gasteiger partial charge in [-0.25, -0.2) is 0 Å². The Morgan fingerprint density at radius 3 is 2.27 bits per heavy atom. The van der Waals surface area contributed by atoms with Crippen LogP contribution >= 0.6 is 11.6 Å². The number of hydrogen-bond acceptors (Lipinski definition) is 8. The van der Waals surface area contributed by atoms with E-state index in [1.807, 2.05) is 42.5 Å². The number of hydrogen-bond donors (Lipinski definition) is 3. The van der Waals surface area contributed by atoms with Crippen LogP contribution in [0.25, 0.3) is 5.57 Å². The van der Waals surface area contributed by atoms with Crippen molar-refractivity contribution >= 4 is 58.8 Å². The van der Waals surface area contributed by atoms with Crippen molar-refractivity contribution < 1.29 is 39.1 Å². The lowest BCUT2D eigenvalue weighted by Gasteiger charge is -2.55. The maximum Gasteiger partial charge on any atom is 0.488 e. The van der Waals surface area contributed by atoms with Gasteiger partial charge < -0.3 is 19.9 Å². The highest BCUT2D eigenvalue weighted by Gasteiger charge is 2.66. The Morgan fingerprint density at radius 2 is 1.58 bits per heavy atom. The maximum atomic E-state index is 15.2. The number of ether oxygens (including phenoxy) is 1. The molecule has 3 aliphatic carbocycles. The van der Waals surface area contributed by atoms with E-state index in [0.717, 1.165) is 10.5 Å². The first-order valence-electron chi connectivity index (χ1n) is 17.1. The minimum atomic E-state index is -1.80. The SMILES string of the molecule is COc1cc([C@H]2C3=CC[C@@H]4C(=O)N(c5cccc(B(O)O)c5)C(=O)[C@@H]4[C@@H]3C[C@H]3C(=O)C(c4ccccc4)=CC(=O)[C@@]23c2ccccc2)cc(Cl)c1O. The summed E-state index contributed by atoms with van der Waals surface area (Å²) in [6.07, 6.45) is 3.68. The molecule has 1 aliphatic heterocycles. The molecule has 3 N–H and O–H groups in total. The molecule has 4 aliphatic rings. The lowest BCUT2D eigenvalue weighted by molar-refractivity contribution is -0.135. The number of nitrogens with zero attached hydrogens (tertiary/aromatic N) is 1. The Kier molecular flexibility index (Phi) is 8.29. The van der Waals surface area contributed by atoms with E-state index < -0.39 is 53.9 Å². The first kappa shape index (κ1) is 33.8. The number of Topliss-reactive ketones (excluding diaryl/α,β-unsaturated/α-hetero) is 1. The van der Waals surface area contributed by atoms with Crippen molar-refractivity contribution in [2.75, 3.05) is 12.0 Å². The first-order valence-corrected chi connectivity index (χ1v) is 17.5. The molecule has 11 heteroatoms. The Bertz CT molecular complexity index is 2220. The summed E-state index contributed by atoms with van der Waals surface area (Å²) in [6.45, 7) is 0. The van der Waals surface area contributed by atoms with Gasteiger partial charge >= 0.3 is 7.12 Å². The normalized spacial score (nSPS) is 26.6. The van der Waals surface area contributed by atoms with Gasteiger partial charge in [0.25, 0.3) is 0 Å². The average molecular weight is 714 g/mol. The Balaban J connectivity index is 1.36. The third-order valence-corrected chi connectivity index (χ3v) is 11.7. The van der Waals surface area contributed by atoms with Crippen molar-refractivity contribution in [2.45, 2.75) is 24.2 Å². The standard InChI is InChI=1S/C41H33BClNO8/c1-52-33-18-23(17-32(43)38(33)47)36-27-15-16-28-35(40(49)44(39(28)48)26-14-8-13-25(19-26)42(50)51)30(27)20-31-37(46)29(22-9-4-2-5-10-22)21-34(45)41(31,36)24-11-6-3-7-12-24/h2-15,17-19,21,28,30-31,35-36,47,50-51H,16,20H2,1H3/t28-,30+,31-,35-,36-,41-/m0/s1. The van der Waals surface area contributed by atoms with Crippen molar-refractivity contribution in [3.05, 3.63) is 137 Å². The fourth-order valence-electron chi connectivity index (χ4n) is 9.24. The number of benzene rings is 4. The number of fused-ring (bicyclic) bond motifs is 4. The van der Waals surface area contributed by atoms with E-state index in [1.54, 1.807) is 48.5 Å². The van der Waals surface area contributed by atoms with Crippen molar-refractivity contribution in [3.8, 4) is 11.5 Å². The summed E-state index contributed by atoms with van der Waals surface area (Å²) in [7, 11) is -0.407. The van der Waals surface area contributed by atoms with E-state index in [0.29, 0.717) is 16.7 Å². The second-order valence-electron chi connectivity index (χ2n) is 13.8. The van der Waals surface area contributed by atoms with Crippen LogP contribution in [-0.4, -0.2) is 52.8 Å². The molecule has 260 valence electrons. The molecular formula is C41H33BClNO8. The van der Waals surface area contributed by atoms with Crippen molar-refractivity contribution in [1.29, 1.82) is 0 Å². The number of halogens is 1. The van der Waals surface area contributed by atoms with Crippen molar-refractivity contribution in [3.63, 3.8) is 0 Å². The van der Waals surface area contributed by atoms with Crippen LogP contribution in [0.2, 0.25) is 5.02 Å². The van der Waals surface area contributed by atoms with Crippen LogP contribution in [0.4, 0.5) is 5.69 Å². The smallest absolute Gasteiger partial charge is 0.488 e. The number of amides is 2. The van der Waals surface area contributed by atoms with E-state index in [1.165, 1.54) is 25.3 Å². The highest BCUT2D eigenvalue weighted by atomic mass is 35.5. The van der Waals surface area contributed by atoms with Gasteiger partial charge in [0.05, 0.1) is 35.1 Å². The molecule has 1 saturated heterocycles. The number of ketones is 2. The maximum absolute atomic E-state index is 15.2. The lowest BCUT2D eigenvalue weighted by Crippen LogP contribution is -2.58. The number of imide groups is 1. The third kappa shape index (κ3) is 4.93. The second kappa shape index (κ2) is 12.7. The van der Waals surface area contributed by atoms with Gasteiger partial charge in [-0.3, -0.25) is 24.1 Å². The summed E-state index contributed by atoms with van der Waals surface area (Å²) in [4.78, 5) is 60.0. The Hall–Kier alpha value is -5.29. The van der Waals surface area contributed by atoms with E-state index in [-0.39, 0.29) is 57.7 Å². The van der Waals surface area contributed by atoms with Crippen LogP contribution in [-0.2, 0) is 24.6 Å². The molecule has 4 aromatic carbocycles. The number of phenols is 1. The van der Waals surface area contributed by atoms with Gasteiger partial charge in [-0.1, -0.05) is 96.0 Å². The monoisotopic (exact) mass is 713 g/mol. The molecular weight excluding hydrogens is 681 g/mol. The largest absolute Gasteiger partial charge is 0.503 e. The number of carbonyl (C=O) groups is 4. The summed E-state index contributed by atoms with van der Waals surface area (Å²) < 4.78 is 5.52. The van der Waals surface area contributed by atoms with Gasteiger partial charge in [0, 0.05) is 17.4 Å². The van der Waals surface area contributed by atoms with Crippen molar-refractivity contribution in [1.82, 2.24) is 0 Å². The predicted molar refractivity (Wildman–Crippen MR) is 195 cm³/mol. The van der Waals surface area contributed by atoms with Gasteiger partial charge in [-0.15, -0.1) is 0 Å². The van der Waals surface area contributed by atoms with E-state index in [4.69, 9.17) is 16.3 Å². The fourth-order valence-corrected chi connectivity index (χ4v) is 9.46. The summed E-state index contributed by atoms with van der Waals surface area (Å²) in [5, 5.41) is 30.4. The Labute approximate surface area is 305 Å². The van der Waals surface area contributed by atoms with Crippen LogP contribution in [0.1, 0.15) is 35.4 Å². The summed E-state index contributed by atoms with van der Waals surface area (Å²) in [5.74, 6) is -5.67.